The van der Waals surface area contributed by atoms with Gasteiger partial charge in [0.1, 0.15) is 0 Å². The molecule has 1 atom stereocenters. The fourth-order valence-corrected chi connectivity index (χ4v) is 1.96. The Labute approximate surface area is 91.3 Å². The minimum absolute atomic E-state index is 0.291. The predicted molar refractivity (Wildman–Crippen MR) is 55.6 cm³/mol. The van der Waals surface area contributed by atoms with E-state index in [2.05, 4.69) is 0 Å². The molecule has 0 aliphatic carbocycles. The molecule has 0 fully saturated rings. The topological polar surface area (TPSA) is 83.7 Å². The second-order valence-corrected chi connectivity index (χ2v) is 3.73. The molecule has 0 bridgehead atoms. The van der Waals surface area contributed by atoms with Crippen molar-refractivity contribution in [2.24, 2.45) is 0 Å². The van der Waals surface area contributed by atoms with Crippen molar-refractivity contribution in [2.75, 3.05) is 18.5 Å². The van der Waals surface area contributed by atoms with Crippen LogP contribution in [0.5, 0.6) is 0 Å². The molecule has 0 radical (unpaired) electrons. The Morgan fingerprint density at radius 2 is 2.12 bits per heavy atom. The maximum atomic E-state index is 11.8. The van der Waals surface area contributed by atoms with Gasteiger partial charge in [0.2, 0.25) is 12.1 Å². The van der Waals surface area contributed by atoms with Crippen LogP contribution in [0.15, 0.2) is 24.3 Å². The standard InChI is InChI=1S/C10H10N2O4/c1-11-8-5-3-2-4-7(8)10(14,9(11)13)6-12(15)16/h2-5,14H,6H2,1H3. The first-order chi connectivity index (χ1) is 7.47. The van der Waals surface area contributed by atoms with Crippen molar-refractivity contribution in [3.05, 3.63) is 39.9 Å². The summed E-state index contributed by atoms with van der Waals surface area (Å²) in [4.78, 5) is 22.8. The van der Waals surface area contributed by atoms with Crippen molar-refractivity contribution in [3.63, 3.8) is 0 Å². The number of likely N-dealkylation sites (N-methyl/N-ethyl adjacent to an activating group) is 1. The highest BCUT2D eigenvalue weighted by atomic mass is 16.6. The van der Waals surface area contributed by atoms with Crippen LogP contribution < -0.4 is 4.90 Å². The molecule has 16 heavy (non-hydrogen) atoms. The van der Waals surface area contributed by atoms with Crippen LogP contribution in [0, 0.1) is 10.1 Å². The minimum atomic E-state index is -2.03. The Morgan fingerprint density at radius 1 is 1.50 bits per heavy atom. The molecule has 84 valence electrons. The van der Waals surface area contributed by atoms with Crippen molar-refractivity contribution in [1.82, 2.24) is 0 Å². The number of nitro groups is 1. The summed E-state index contributed by atoms with van der Waals surface area (Å²) in [5.74, 6) is -0.662. The van der Waals surface area contributed by atoms with Crippen molar-refractivity contribution in [1.29, 1.82) is 0 Å². The number of nitrogens with zero attached hydrogens (tertiary/aromatic N) is 2. The summed E-state index contributed by atoms with van der Waals surface area (Å²) in [6.07, 6.45) is 0. The second kappa shape index (κ2) is 3.28. The number of fused-ring (bicyclic) bond motifs is 1. The van der Waals surface area contributed by atoms with Crippen molar-refractivity contribution in [2.45, 2.75) is 5.60 Å². The lowest BCUT2D eigenvalue weighted by atomic mass is 9.96. The van der Waals surface area contributed by atoms with Crippen LogP contribution in [-0.4, -0.2) is 29.5 Å². The number of rotatable bonds is 2. The lowest BCUT2D eigenvalue weighted by Gasteiger charge is -2.16. The number of carbonyl (C=O) groups excluding carboxylic acids is 1. The number of hydrogen-bond donors (Lipinski definition) is 1. The van der Waals surface area contributed by atoms with Gasteiger partial charge in [0.25, 0.3) is 5.91 Å². The summed E-state index contributed by atoms with van der Waals surface area (Å²) < 4.78 is 0. The smallest absolute Gasteiger partial charge is 0.270 e. The van der Waals surface area contributed by atoms with Gasteiger partial charge in [-0.05, 0) is 6.07 Å². The number of aliphatic hydroxyl groups is 1. The van der Waals surface area contributed by atoms with Gasteiger partial charge in [-0.15, -0.1) is 0 Å². The van der Waals surface area contributed by atoms with Gasteiger partial charge in [0, 0.05) is 17.5 Å². The van der Waals surface area contributed by atoms with E-state index in [1.807, 2.05) is 0 Å². The molecule has 1 N–H and O–H groups in total. The van der Waals surface area contributed by atoms with E-state index in [9.17, 15) is 20.0 Å². The lowest BCUT2D eigenvalue weighted by Crippen LogP contribution is -2.43. The van der Waals surface area contributed by atoms with Crippen LogP contribution in [0.25, 0.3) is 0 Å². The fraction of sp³-hybridized carbons (Fsp3) is 0.300. The van der Waals surface area contributed by atoms with Crippen LogP contribution in [0.4, 0.5) is 5.69 Å². The van der Waals surface area contributed by atoms with E-state index < -0.39 is 23.0 Å². The summed E-state index contributed by atoms with van der Waals surface area (Å²) in [7, 11) is 1.49. The zero-order valence-corrected chi connectivity index (χ0v) is 8.58. The highest BCUT2D eigenvalue weighted by Crippen LogP contribution is 2.39. The van der Waals surface area contributed by atoms with E-state index >= 15 is 0 Å². The fourth-order valence-electron chi connectivity index (χ4n) is 1.96. The SMILES string of the molecule is CN1C(=O)C(O)(C[N+](=O)[O-])c2ccccc21. The second-order valence-electron chi connectivity index (χ2n) is 3.73. The molecule has 6 nitrogen and oxygen atoms in total. The molecule has 6 heteroatoms. The van der Waals surface area contributed by atoms with E-state index in [1.54, 1.807) is 18.2 Å². The number of para-hydroxylation sites is 1. The lowest BCUT2D eigenvalue weighted by molar-refractivity contribution is -0.498. The molecule has 1 aliphatic heterocycles. The van der Waals surface area contributed by atoms with Gasteiger partial charge < -0.3 is 10.0 Å². The summed E-state index contributed by atoms with van der Waals surface area (Å²) in [6, 6.07) is 6.52. The molecule has 0 saturated heterocycles. The molecule has 1 aromatic rings. The number of hydrogen-bond acceptors (Lipinski definition) is 4. The Balaban J connectivity index is 2.56. The van der Waals surface area contributed by atoms with E-state index in [-0.39, 0.29) is 0 Å². The van der Waals surface area contributed by atoms with Crippen molar-refractivity contribution >= 4 is 11.6 Å². The normalized spacial score (nSPS) is 23.4. The molecule has 1 amide bonds. The van der Waals surface area contributed by atoms with Crippen molar-refractivity contribution in [3.8, 4) is 0 Å². The van der Waals surface area contributed by atoms with Gasteiger partial charge in [-0.1, -0.05) is 18.2 Å². The third-order valence-electron chi connectivity index (χ3n) is 2.73. The largest absolute Gasteiger partial charge is 0.370 e. The highest BCUT2D eigenvalue weighted by Gasteiger charge is 2.52. The zero-order valence-electron chi connectivity index (χ0n) is 8.58. The molecule has 1 unspecified atom stereocenters. The average Bonchev–Trinajstić information content (AvgIpc) is 2.42. The summed E-state index contributed by atoms with van der Waals surface area (Å²) in [5, 5.41) is 20.6. The van der Waals surface area contributed by atoms with Crippen LogP contribution in [0.2, 0.25) is 0 Å². The number of benzene rings is 1. The van der Waals surface area contributed by atoms with E-state index in [4.69, 9.17) is 0 Å². The molecule has 0 spiro atoms. The molecule has 1 aliphatic rings. The number of anilines is 1. The molecule has 1 aromatic carbocycles. The highest BCUT2D eigenvalue weighted by molar-refractivity contribution is 6.06. The van der Waals surface area contributed by atoms with Gasteiger partial charge in [-0.3, -0.25) is 14.9 Å². The van der Waals surface area contributed by atoms with E-state index in [0.717, 1.165) is 0 Å². The molecule has 2 rings (SSSR count). The summed E-state index contributed by atoms with van der Waals surface area (Å²) in [6.45, 7) is -0.812. The Morgan fingerprint density at radius 3 is 2.75 bits per heavy atom. The third kappa shape index (κ3) is 1.27. The predicted octanol–water partition coefficient (Wildman–Crippen LogP) is 0.127. The monoisotopic (exact) mass is 222 g/mol. The first-order valence-electron chi connectivity index (χ1n) is 4.68. The van der Waals surface area contributed by atoms with Crippen LogP contribution in [-0.2, 0) is 10.4 Å². The first-order valence-corrected chi connectivity index (χ1v) is 4.68. The average molecular weight is 222 g/mol. The van der Waals surface area contributed by atoms with Gasteiger partial charge in [0.15, 0.2) is 0 Å². The summed E-state index contributed by atoms with van der Waals surface area (Å²) in [5.41, 5.74) is -1.23. The quantitative estimate of drug-likeness (QED) is 0.569. The molecule has 0 saturated carbocycles. The van der Waals surface area contributed by atoms with Crippen LogP contribution in [0.1, 0.15) is 5.56 Å². The van der Waals surface area contributed by atoms with Gasteiger partial charge in [-0.25, -0.2) is 0 Å². The zero-order chi connectivity index (χ0) is 11.9. The first kappa shape index (κ1) is 10.6. The molecule has 1 heterocycles. The Hall–Kier alpha value is -1.95. The van der Waals surface area contributed by atoms with Gasteiger partial charge in [0.05, 0.1) is 5.69 Å². The number of amides is 1. The van der Waals surface area contributed by atoms with Crippen LogP contribution >= 0.6 is 0 Å². The van der Waals surface area contributed by atoms with Crippen molar-refractivity contribution < 1.29 is 14.8 Å². The Kier molecular flexibility index (Phi) is 2.16. The molecular weight excluding hydrogens is 212 g/mol. The molecular formula is C10H10N2O4. The maximum Gasteiger partial charge on any atom is 0.270 e. The number of carbonyl (C=O) groups is 1. The maximum absolute atomic E-state index is 11.8. The Bertz CT molecular complexity index is 474. The van der Waals surface area contributed by atoms with E-state index in [0.29, 0.717) is 11.3 Å². The minimum Gasteiger partial charge on any atom is -0.370 e. The van der Waals surface area contributed by atoms with Gasteiger partial charge >= 0.3 is 0 Å². The summed E-state index contributed by atoms with van der Waals surface area (Å²) >= 11 is 0. The van der Waals surface area contributed by atoms with E-state index in [1.165, 1.54) is 18.0 Å². The van der Waals surface area contributed by atoms with Crippen LogP contribution in [0.3, 0.4) is 0 Å². The van der Waals surface area contributed by atoms with Gasteiger partial charge in [-0.2, -0.15) is 0 Å². The third-order valence-corrected chi connectivity index (χ3v) is 2.73. The molecule has 0 aromatic heterocycles.